The zero-order valence-corrected chi connectivity index (χ0v) is 21.0. The Morgan fingerprint density at radius 2 is 1.68 bits per heavy atom. The van der Waals surface area contributed by atoms with Crippen LogP contribution >= 0.6 is 0 Å². The fourth-order valence-electron chi connectivity index (χ4n) is 4.90. The summed E-state index contributed by atoms with van der Waals surface area (Å²) in [5, 5.41) is 12.5. The highest BCUT2D eigenvalue weighted by molar-refractivity contribution is 5.94. The highest BCUT2D eigenvalue weighted by Crippen LogP contribution is 2.33. The molecule has 2 amide bonds. The van der Waals surface area contributed by atoms with Crippen molar-refractivity contribution in [3.05, 3.63) is 95.1 Å². The molecule has 1 unspecified atom stereocenters. The number of carboxylic acid groups (broad SMARTS) is 1. The molecule has 3 aromatic carbocycles. The van der Waals surface area contributed by atoms with E-state index in [4.69, 9.17) is 9.47 Å². The molecule has 196 valence electrons. The van der Waals surface area contributed by atoms with Crippen LogP contribution in [0.1, 0.15) is 57.0 Å². The van der Waals surface area contributed by atoms with E-state index in [1.807, 2.05) is 30.3 Å². The topological polar surface area (TPSA) is 105 Å². The first-order valence-corrected chi connectivity index (χ1v) is 12.8. The van der Waals surface area contributed by atoms with Gasteiger partial charge in [0.15, 0.2) is 0 Å². The fraction of sp³-hybridized carbons (Fsp3) is 0.300. The summed E-state index contributed by atoms with van der Waals surface area (Å²) in [7, 11) is 0. The second-order valence-corrected chi connectivity index (χ2v) is 9.70. The van der Waals surface area contributed by atoms with E-state index in [-0.39, 0.29) is 29.3 Å². The SMILES string of the molecule is O=C(O)c1ccc(CN2CC(c3ccccc3)CC2=O)c(Oc2ccc(C(=O)NC3CCOCC3)cc2)c1. The van der Waals surface area contributed by atoms with Gasteiger partial charge < -0.3 is 24.8 Å². The van der Waals surface area contributed by atoms with Crippen molar-refractivity contribution >= 4 is 17.8 Å². The van der Waals surface area contributed by atoms with Gasteiger partial charge >= 0.3 is 5.97 Å². The number of rotatable bonds is 8. The van der Waals surface area contributed by atoms with Gasteiger partial charge in [0.05, 0.1) is 5.56 Å². The molecule has 3 aromatic rings. The predicted octanol–water partition coefficient (Wildman–Crippen LogP) is 4.60. The standard InChI is InChI=1S/C30H30N2O6/c33-28-17-24(20-4-2-1-3-5-20)19-32(28)18-23-7-6-22(30(35)36)16-27(23)38-26-10-8-21(9-11-26)29(34)31-25-12-14-37-15-13-25/h1-11,16,24-25H,12-15,17-19H2,(H,31,34)(H,35,36). The summed E-state index contributed by atoms with van der Waals surface area (Å²) in [5.41, 5.74) is 2.43. The van der Waals surface area contributed by atoms with Crippen molar-refractivity contribution in [1.82, 2.24) is 10.2 Å². The molecule has 8 nitrogen and oxygen atoms in total. The van der Waals surface area contributed by atoms with Crippen molar-refractivity contribution in [2.24, 2.45) is 0 Å². The summed E-state index contributed by atoms with van der Waals surface area (Å²) in [6.07, 6.45) is 2.02. The molecule has 38 heavy (non-hydrogen) atoms. The first kappa shape index (κ1) is 25.5. The molecule has 2 N–H and O–H groups in total. The normalized spacial score (nSPS) is 17.8. The van der Waals surface area contributed by atoms with Crippen LogP contribution in [0.4, 0.5) is 0 Å². The third-order valence-electron chi connectivity index (χ3n) is 7.06. The van der Waals surface area contributed by atoms with E-state index < -0.39 is 5.97 Å². The Hall–Kier alpha value is -4.17. The number of likely N-dealkylation sites (tertiary alicyclic amines) is 1. The zero-order chi connectivity index (χ0) is 26.5. The number of carboxylic acids is 1. The number of hydrogen-bond acceptors (Lipinski definition) is 5. The number of aromatic carboxylic acids is 1. The van der Waals surface area contributed by atoms with E-state index in [9.17, 15) is 19.5 Å². The highest BCUT2D eigenvalue weighted by atomic mass is 16.5. The third kappa shape index (κ3) is 6.03. The van der Waals surface area contributed by atoms with Crippen molar-refractivity contribution < 1.29 is 29.0 Å². The Bertz CT molecular complexity index is 1300. The van der Waals surface area contributed by atoms with E-state index in [1.54, 1.807) is 35.2 Å². The maximum Gasteiger partial charge on any atom is 0.335 e. The number of nitrogens with zero attached hydrogens (tertiary/aromatic N) is 1. The van der Waals surface area contributed by atoms with Gasteiger partial charge in [0.25, 0.3) is 5.91 Å². The van der Waals surface area contributed by atoms with Gasteiger partial charge in [-0.15, -0.1) is 0 Å². The largest absolute Gasteiger partial charge is 0.478 e. The first-order valence-electron chi connectivity index (χ1n) is 12.8. The predicted molar refractivity (Wildman–Crippen MR) is 140 cm³/mol. The van der Waals surface area contributed by atoms with E-state index in [0.29, 0.717) is 55.4 Å². The van der Waals surface area contributed by atoms with Gasteiger partial charge in [-0.1, -0.05) is 36.4 Å². The van der Waals surface area contributed by atoms with Crippen LogP contribution in [-0.2, 0) is 16.1 Å². The molecule has 1 atom stereocenters. The van der Waals surface area contributed by atoms with Gasteiger partial charge in [0.2, 0.25) is 5.91 Å². The Labute approximate surface area is 221 Å². The van der Waals surface area contributed by atoms with Gasteiger partial charge in [-0.2, -0.15) is 0 Å². The second-order valence-electron chi connectivity index (χ2n) is 9.70. The first-order chi connectivity index (χ1) is 18.5. The van der Waals surface area contributed by atoms with Crippen molar-refractivity contribution in [2.45, 2.75) is 37.8 Å². The molecule has 0 bridgehead atoms. The van der Waals surface area contributed by atoms with Crippen LogP contribution in [0.15, 0.2) is 72.8 Å². The second kappa shape index (κ2) is 11.5. The lowest BCUT2D eigenvalue weighted by Crippen LogP contribution is -2.38. The zero-order valence-electron chi connectivity index (χ0n) is 21.0. The molecule has 8 heteroatoms. The van der Waals surface area contributed by atoms with Crippen LogP contribution in [0.2, 0.25) is 0 Å². The van der Waals surface area contributed by atoms with Crippen LogP contribution in [0.3, 0.4) is 0 Å². The molecule has 5 rings (SSSR count). The lowest BCUT2D eigenvalue weighted by molar-refractivity contribution is -0.128. The van der Waals surface area contributed by atoms with Gasteiger partial charge in [0, 0.05) is 55.8 Å². The van der Waals surface area contributed by atoms with Crippen LogP contribution < -0.4 is 10.1 Å². The van der Waals surface area contributed by atoms with Crippen LogP contribution in [0, 0.1) is 0 Å². The lowest BCUT2D eigenvalue weighted by Gasteiger charge is -2.23. The maximum atomic E-state index is 12.8. The van der Waals surface area contributed by atoms with Crippen molar-refractivity contribution in [1.29, 1.82) is 0 Å². The highest BCUT2D eigenvalue weighted by Gasteiger charge is 2.31. The van der Waals surface area contributed by atoms with Crippen LogP contribution in [0.25, 0.3) is 0 Å². The number of carbonyl (C=O) groups is 3. The van der Waals surface area contributed by atoms with E-state index >= 15 is 0 Å². The number of carbonyl (C=O) groups excluding carboxylic acids is 2. The average molecular weight is 515 g/mol. The van der Waals surface area contributed by atoms with Crippen molar-refractivity contribution in [2.75, 3.05) is 19.8 Å². The monoisotopic (exact) mass is 514 g/mol. The average Bonchev–Trinajstić information content (AvgIpc) is 3.31. The summed E-state index contributed by atoms with van der Waals surface area (Å²) in [6, 6.07) is 21.5. The Morgan fingerprint density at radius 1 is 0.974 bits per heavy atom. The minimum absolute atomic E-state index is 0.0482. The molecule has 2 aliphatic heterocycles. The fourth-order valence-corrected chi connectivity index (χ4v) is 4.90. The Morgan fingerprint density at radius 3 is 2.39 bits per heavy atom. The number of amides is 2. The quantitative estimate of drug-likeness (QED) is 0.455. The summed E-state index contributed by atoms with van der Waals surface area (Å²) in [5.74, 6) is -0.231. The molecule has 0 aliphatic carbocycles. The third-order valence-corrected chi connectivity index (χ3v) is 7.06. The lowest BCUT2D eigenvalue weighted by atomic mass is 9.98. The summed E-state index contributed by atoms with van der Waals surface area (Å²) < 4.78 is 11.4. The Kier molecular flexibility index (Phi) is 7.70. The number of ether oxygens (including phenoxy) is 2. The maximum absolute atomic E-state index is 12.8. The minimum Gasteiger partial charge on any atom is -0.478 e. The minimum atomic E-state index is -1.07. The molecule has 2 saturated heterocycles. The Balaban J connectivity index is 1.30. The van der Waals surface area contributed by atoms with E-state index in [1.165, 1.54) is 12.1 Å². The molecule has 2 fully saturated rings. The van der Waals surface area contributed by atoms with Gasteiger partial charge in [-0.25, -0.2) is 4.79 Å². The van der Waals surface area contributed by atoms with Gasteiger partial charge in [-0.3, -0.25) is 9.59 Å². The van der Waals surface area contributed by atoms with E-state index in [0.717, 1.165) is 18.4 Å². The molecule has 0 saturated carbocycles. The number of benzene rings is 3. The molecular weight excluding hydrogens is 484 g/mol. The van der Waals surface area contributed by atoms with Crippen LogP contribution in [-0.4, -0.2) is 53.6 Å². The summed E-state index contributed by atoms with van der Waals surface area (Å²) in [4.78, 5) is 38.8. The molecule has 0 radical (unpaired) electrons. The summed E-state index contributed by atoms with van der Waals surface area (Å²) in [6.45, 7) is 2.18. The molecule has 2 aliphatic rings. The molecular formula is C30H30N2O6. The number of hydrogen-bond donors (Lipinski definition) is 2. The van der Waals surface area contributed by atoms with Crippen molar-refractivity contribution in [3.8, 4) is 11.5 Å². The molecule has 0 spiro atoms. The van der Waals surface area contributed by atoms with Crippen molar-refractivity contribution in [3.63, 3.8) is 0 Å². The number of nitrogens with one attached hydrogen (secondary N) is 1. The summed E-state index contributed by atoms with van der Waals surface area (Å²) >= 11 is 0. The van der Waals surface area contributed by atoms with Gasteiger partial charge in [0.1, 0.15) is 11.5 Å². The smallest absolute Gasteiger partial charge is 0.335 e. The van der Waals surface area contributed by atoms with E-state index in [2.05, 4.69) is 5.32 Å². The van der Waals surface area contributed by atoms with Gasteiger partial charge in [-0.05, 0) is 54.8 Å². The molecule has 2 heterocycles. The molecule has 0 aromatic heterocycles. The van der Waals surface area contributed by atoms with Crippen LogP contribution in [0.5, 0.6) is 11.5 Å².